The highest BCUT2D eigenvalue weighted by Gasteiger charge is 2.14. The van der Waals surface area contributed by atoms with Crippen LogP contribution in [0.4, 0.5) is 10.5 Å². The summed E-state index contributed by atoms with van der Waals surface area (Å²) in [5.41, 5.74) is 2.05. The largest absolute Gasteiger partial charge is 0.496 e. The molecule has 0 bridgehead atoms. The third-order valence-corrected chi connectivity index (χ3v) is 5.84. The highest BCUT2D eigenvalue weighted by Crippen LogP contribution is 2.28. The average molecular weight is 544 g/mol. The smallest absolute Gasteiger partial charge is 0.412 e. The van der Waals surface area contributed by atoms with Crippen molar-refractivity contribution in [2.75, 3.05) is 19.5 Å². The van der Waals surface area contributed by atoms with E-state index in [0.717, 1.165) is 5.56 Å². The van der Waals surface area contributed by atoms with Crippen LogP contribution >= 0.6 is 0 Å². The number of anilines is 1. The number of carbonyl (C=O) groups is 2. The Morgan fingerprint density at radius 3 is 1.95 bits per heavy atom. The Morgan fingerprint density at radius 2 is 1.38 bits per heavy atom. The molecule has 0 saturated carbocycles. The standard InChI is InChI=1S/C18H16N2O4.C11H9NO4/c1-23-17-10-14-13(16(21)7-8-19-14)9-15(17)20-18(22)24-11-12-5-3-2-4-6-12;1-16-10-5-8-6(4-7(10)11(14)15)9(13)2-3-12-8/h2-10H,11H2,1H3,(H,19,21)(H,20,22);2-5H,1H3,(H,12,13)(H,14,15). The SMILES string of the molecule is COc1cc2[nH]ccc(=O)c2cc1C(=O)O.COc1cc2[nH]ccc(=O)c2cc1NC(=O)OCc1ccccc1. The number of methoxy groups -OCH3 is 2. The van der Waals surface area contributed by atoms with Crippen LogP contribution < -0.4 is 25.6 Å². The molecule has 11 nitrogen and oxygen atoms in total. The van der Waals surface area contributed by atoms with Crippen molar-refractivity contribution in [2.45, 2.75) is 6.61 Å². The van der Waals surface area contributed by atoms with E-state index in [4.69, 9.17) is 19.3 Å². The fourth-order valence-corrected chi connectivity index (χ4v) is 3.87. The summed E-state index contributed by atoms with van der Waals surface area (Å²) in [6.07, 6.45) is 2.44. The first kappa shape index (κ1) is 27.5. The lowest BCUT2D eigenvalue weighted by molar-refractivity contribution is 0.0693. The number of nitrogens with one attached hydrogen (secondary N) is 3. The van der Waals surface area contributed by atoms with Crippen LogP contribution in [0.5, 0.6) is 11.5 Å². The number of hydrogen-bond donors (Lipinski definition) is 4. The Morgan fingerprint density at radius 1 is 0.800 bits per heavy atom. The Balaban J connectivity index is 0.000000201. The monoisotopic (exact) mass is 543 g/mol. The zero-order valence-electron chi connectivity index (χ0n) is 21.5. The molecular formula is C29H25N3O8. The number of carbonyl (C=O) groups excluding carboxylic acids is 1. The molecule has 4 N–H and O–H groups in total. The molecule has 0 aliphatic carbocycles. The summed E-state index contributed by atoms with van der Waals surface area (Å²) in [5.74, 6) is -0.468. The van der Waals surface area contributed by atoms with Crippen LogP contribution in [0.1, 0.15) is 15.9 Å². The third kappa shape index (κ3) is 6.27. The second-order valence-electron chi connectivity index (χ2n) is 8.37. The number of rotatable bonds is 6. The summed E-state index contributed by atoms with van der Waals surface area (Å²) in [7, 11) is 2.87. The minimum atomic E-state index is -1.12. The number of benzene rings is 3. The van der Waals surface area contributed by atoms with Gasteiger partial charge in [-0.15, -0.1) is 0 Å². The molecule has 40 heavy (non-hydrogen) atoms. The second-order valence-corrected chi connectivity index (χ2v) is 8.37. The summed E-state index contributed by atoms with van der Waals surface area (Å²) in [4.78, 5) is 52.2. The number of fused-ring (bicyclic) bond motifs is 2. The first-order valence-electron chi connectivity index (χ1n) is 11.9. The van der Waals surface area contributed by atoms with Crippen molar-refractivity contribution in [1.29, 1.82) is 0 Å². The second kappa shape index (κ2) is 12.3. The maximum atomic E-state index is 12.0. The number of amides is 1. The molecule has 0 unspecified atom stereocenters. The summed E-state index contributed by atoms with van der Waals surface area (Å²) in [6.45, 7) is 0.156. The predicted octanol–water partition coefficient (Wildman–Crippen LogP) is 4.52. The van der Waals surface area contributed by atoms with E-state index in [1.165, 1.54) is 44.7 Å². The van der Waals surface area contributed by atoms with Crippen LogP contribution in [0.2, 0.25) is 0 Å². The Kier molecular flexibility index (Phi) is 8.45. The number of hydrogen-bond acceptors (Lipinski definition) is 7. The van der Waals surface area contributed by atoms with Crippen LogP contribution in [-0.4, -0.2) is 41.4 Å². The first-order chi connectivity index (χ1) is 19.3. The maximum Gasteiger partial charge on any atom is 0.412 e. The Hall–Kier alpha value is -5.58. The number of aromatic carboxylic acids is 1. The zero-order valence-corrected chi connectivity index (χ0v) is 21.5. The molecule has 2 aromatic heterocycles. The zero-order chi connectivity index (χ0) is 28.6. The van der Waals surface area contributed by atoms with E-state index in [9.17, 15) is 19.2 Å². The topological polar surface area (TPSA) is 160 Å². The van der Waals surface area contributed by atoms with Gasteiger partial charge in [-0.25, -0.2) is 9.59 Å². The van der Waals surface area contributed by atoms with Gasteiger partial charge in [0, 0.05) is 47.4 Å². The van der Waals surface area contributed by atoms with Gasteiger partial charge in [-0.1, -0.05) is 30.3 Å². The van der Waals surface area contributed by atoms with Gasteiger partial charge in [-0.2, -0.15) is 0 Å². The van der Waals surface area contributed by atoms with Crippen LogP contribution in [0.15, 0.2) is 88.7 Å². The molecular weight excluding hydrogens is 518 g/mol. The lowest BCUT2D eigenvalue weighted by Crippen LogP contribution is -2.14. The Labute approximate surface area is 227 Å². The molecule has 2 heterocycles. The minimum absolute atomic E-state index is 0.0216. The van der Waals surface area contributed by atoms with Gasteiger partial charge in [-0.3, -0.25) is 14.9 Å². The quantitative estimate of drug-likeness (QED) is 0.243. The summed E-state index contributed by atoms with van der Waals surface area (Å²) in [5, 5.41) is 12.4. The minimum Gasteiger partial charge on any atom is -0.496 e. The van der Waals surface area contributed by atoms with Crippen LogP contribution in [-0.2, 0) is 11.3 Å². The highest BCUT2D eigenvalue weighted by atomic mass is 16.5. The predicted molar refractivity (Wildman–Crippen MR) is 149 cm³/mol. The van der Waals surface area contributed by atoms with E-state index >= 15 is 0 Å². The molecule has 0 spiro atoms. The summed E-state index contributed by atoms with van der Waals surface area (Å²) >= 11 is 0. The molecule has 1 amide bonds. The van der Waals surface area contributed by atoms with E-state index < -0.39 is 12.1 Å². The number of H-pyrrole nitrogens is 2. The van der Waals surface area contributed by atoms with E-state index in [2.05, 4.69) is 15.3 Å². The molecule has 5 rings (SSSR count). The highest BCUT2D eigenvalue weighted by molar-refractivity contribution is 5.96. The molecule has 0 aliphatic rings. The van der Waals surface area contributed by atoms with Crippen molar-refractivity contribution in [3.05, 3.63) is 111 Å². The van der Waals surface area contributed by atoms with Crippen molar-refractivity contribution >= 4 is 39.6 Å². The van der Waals surface area contributed by atoms with Gasteiger partial charge in [0.2, 0.25) is 0 Å². The lowest BCUT2D eigenvalue weighted by atomic mass is 10.1. The number of aromatic amines is 2. The molecule has 0 radical (unpaired) electrons. The maximum absolute atomic E-state index is 12.0. The Bertz CT molecular complexity index is 1800. The van der Waals surface area contributed by atoms with Crippen LogP contribution in [0.25, 0.3) is 21.8 Å². The number of carboxylic acids is 1. The molecule has 0 atom stereocenters. The van der Waals surface area contributed by atoms with Gasteiger partial charge in [-0.05, 0) is 17.7 Å². The molecule has 3 aromatic carbocycles. The van der Waals surface area contributed by atoms with Gasteiger partial charge < -0.3 is 29.3 Å². The number of aromatic nitrogens is 2. The van der Waals surface area contributed by atoms with E-state index in [1.807, 2.05) is 30.3 Å². The first-order valence-corrected chi connectivity index (χ1v) is 11.9. The molecule has 11 heteroatoms. The third-order valence-electron chi connectivity index (χ3n) is 5.84. The fourth-order valence-electron chi connectivity index (χ4n) is 3.87. The normalized spacial score (nSPS) is 10.3. The van der Waals surface area contributed by atoms with Crippen molar-refractivity contribution in [3.63, 3.8) is 0 Å². The van der Waals surface area contributed by atoms with E-state index in [-0.39, 0.29) is 28.8 Å². The molecule has 0 aliphatic heterocycles. The van der Waals surface area contributed by atoms with Crippen molar-refractivity contribution in [1.82, 2.24) is 9.97 Å². The van der Waals surface area contributed by atoms with Gasteiger partial charge in [0.1, 0.15) is 23.7 Å². The molecule has 5 aromatic rings. The van der Waals surface area contributed by atoms with Gasteiger partial charge >= 0.3 is 12.1 Å². The number of ether oxygens (including phenoxy) is 3. The van der Waals surface area contributed by atoms with Crippen molar-refractivity contribution < 1.29 is 28.9 Å². The fraction of sp³-hybridized carbons (Fsp3) is 0.103. The molecule has 204 valence electrons. The average Bonchev–Trinajstić information content (AvgIpc) is 2.96. The van der Waals surface area contributed by atoms with Crippen molar-refractivity contribution in [3.8, 4) is 11.5 Å². The lowest BCUT2D eigenvalue weighted by Gasteiger charge is -2.12. The van der Waals surface area contributed by atoms with E-state index in [0.29, 0.717) is 33.2 Å². The number of carboxylic acid groups (broad SMARTS) is 1. The van der Waals surface area contributed by atoms with Gasteiger partial charge in [0.25, 0.3) is 0 Å². The molecule has 0 fully saturated rings. The van der Waals surface area contributed by atoms with Gasteiger partial charge in [0.15, 0.2) is 10.9 Å². The van der Waals surface area contributed by atoms with Crippen LogP contribution in [0.3, 0.4) is 0 Å². The van der Waals surface area contributed by atoms with E-state index in [1.54, 1.807) is 18.3 Å². The summed E-state index contributed by atoms with van der Waals surface area (Å²) in [6, 6.07) is 18.2. The summed E-state index contributed by atoms with van der Waals surface area (Å²) < 4.78 is 15.4. The van der Waals surface area contributed by atoms with Crippen molar-refractivity contribution in [2.24, 2.45) is 0 Å². The molecule has 0 saturated heterocycles. The van der Waals surface area contributed by atoms with Crippen LogP contribution in [0, 0.1) is 0 Å². The van der Waals surface area contributed by atoms with Gasteiger partial charge in [0.05, 0.1) is 30.9 Å². The number of pyridine rings is 2.